The molecule has 1 unspecified atom stereocenters. The monoisotopic (exact) mass is 368 g/mol. The number of thiazole rings is 1. The second kappa shape index (κ2) is 5.45. The van der Waals surface area contributed by atoms with Gasteiger partial charge in [0.1, 0.15) is 10.8 Å². The molecule has 1 aliphatic rings. The molecule has 1 N–H and O–H groups in total. The minimum atomic E-state index is -0.235. The minimum absolute atomic E-state index is 0.235. The normalized spacial score (nSPS) is 20.3. The van der Waals surface area contributed by atoms with E-state index in [9.17, 15) is 4.39 Å². The van der Waals surface area contributed by atoms with Crippen molar-refractivity contribution in [2.24, 2.45) is 5.41 Å². The van der Waals surface area contributed by atoms with Crippen LogP contribution in [0, 0.1) is 11.2 Å². The molecule has 112 valence electrons. The van der Waals surface area contributed by atoms with Crippen LogP contribution in [-0.2, 0) is 6.42 Å². The van der Waals surface area contributed by atoms with Gasteiger partial charge in [-0.3, -0.25) is 0 Å². The number of benzene rings is 1. The maximum Gasteiger partial charge on any atom is 0.125 e. The van der Waals surface area contributed by atoms with Crippen LogP contribution in [0.1, 0.15) is 36.9 Å². The number of nitrogens with one attached hydrogen (secondary N) is 1. The van der Waals surface area contributed by atoms with Gasteiger partial charge in [-0.2, -0.15) is 0 Å². The van der Waals surface area contributed by atoms with Crippen LogP contribution in [0.2, 0.25) is 0 Å². The van der Waals surface area contributed by atoms with E-state index in [-0.39, 0.29) is 11.2 Å². The van der Waals surface area contributed by atoms with Crippen molar-refractivity contribution in [3.63, 3.8) is 0 Å². The third kappa shape index (κ3) is 2.91. The summed E-state index contributed by atoms with van der Waals surface area (Å²) in [5.41, 5.74) is 2.40. The second-order valence-corrected chi connectivity index (χ2v) is 8.23. The second-order valence-electron chi connectivity index (χ2n) is 6.34. The molecule has 0 fully saturated rings. The van der Waals surface area contributed by atoms with Gasteiger partial charge < -0.3 is 5.32 Å². The highest BCUT2D eigenvalue weighted by Gasteiger charge is 2.34. The predicted molar refractivity (Wildman–Crippen MR) is 89.1 cm³/mol. The van der Waals surface area contributed by atoms with Crippen LogP contribution in [-0.4, -0.2) is 12.0 Å². The largest absolute Gasteiger partial charge is 0.312 e. The van der Waals surface area contributed by atoms with Crippen molar-refractivity contribution in [2.45, 2.75) is 32.7 Å². The van der Waals surface area contributed by atoms with Gasteiger partial charge in [-0.15, -0.1) is 11.3 Å². The first kappa shape index (κ1) is 15.1. The van der Waals surface area contributed by atoms with Crippen LogP contribution < -0.4 is 5.32 Å². The van der Waals surface area contributed by atoms with Gasteiger partial charge in [0.2, 0.25) is 0 Å². The zero-order valence-corrected chi connectivity index (χ0v) is 14.7. The molecule has 3 rings (SSSR count). The van der Waals surface area contributed by atoms with Crippen LogP contribution in [0.5, 0.6) is 0 Å². The fourth-order valence-electron chi connectivity index (χ4n) is 2.94. The summed E-state index contributed by atoms with van der Waals surface area (Å²) < 4.78 is 14.0. The maximum absolute atomic E-state index is 13.3. The highest BCUT2D eigenvalue weighted by Crippen LogP contribution is 2.45. The van der Waals surface area contributed by atoms with Crippen molar-refractivity contribution in [1.82, 2.24) is 10.3 Å². The van der Waals surface area contributed by atoms with E-state index in [1.165, 1.54) is 22.7 Å². The molecule has 0 radical (unpaired) electrons. The summed E-state index contributed by atoms with van der Waals surface area (Å²) >= 11 is 5.16. The van der Waals surface area contributed by atoms with Crippen LogP contribution in [0.4, 0.5) is 4.39 Å². The Bertz CT molecular complexity index is 681. The van der Waals surface area contributed by atoms with Crippen molar-refractivity contribution in [3.05, 3.63) is 39.1 Å². The standard InChI is InChI=1S/C16H18BrFN2S/c1-16(2)7-12(19-3)14-13(8-16)20-15(21-14)10-5-4-9(18)6-11(10)17/h4-6,12,19H,7-8H2,1-3H3. The lowest BCUT2D eigenvalue weighted by molar-refractivity contribution is 0.265. The Labute approximate surface area is 136 Å². The van der Waals surface area contributed by atoms with E-state index in [0.29, 0.717) is 6.04 Å². The summed E-state index contributed by atoms with van der Waals surface area (Å²) in [6.45, 7) is 4.57. The van der Waals surface area contributed by atoms with Crippen LogP contribution >= 0.6 is 27.3 Å². The number of fused-ring (bicyclic) bond motifs is 1. The molecule has 1 aromatic carbocycles. The summed E-state index contributed by atoms with van der Waals surface area (Å²) in [6.07, 6.45) is 2.11. The van der Waals surface area contributed by atoms with Crippen LogP contribution in [0.25, 0.3) is 10.6 Å². The topological polar surface area (TPSA) is 24.9 Å². The highest BCUT2D eigenvalue weighted by molar-refractivity contribution is 9.10. The van der Waals surface area contributed by atoms with Gasteiger partial charge in [0.25, 0.3) is 0 Å². The fraction of sp³-hybridized carbons (Fsp3) is 0.438. The minimum Gasteiger partial charge on any atom is -0.312 e. The zero-order chi connectivity index (χ0) is 15.2. The van der Waals surface area contributed by atoms with E-state index >= 15 is 0 Å². The molecule has 1 atom stereocenters. The Morgan fingerprint density at radius 2 is 2.19 bits per heavy atom. The van der Waals surface area contributed by atoms with E-state index in [0.717, 1.165) is 27.9 Å². The third-order valence-electron chi connectivity index (χ3n) is 3.96. The first-order chi connectivity index (χ1) is 9.89. The quantitative estimate of drug-likeness (QED) is 0.811. The number of aromatic nitrogens is 1. The van der Waals surface area contributed by atoms with Gasteiger partial charge in [0, 0.05) is 21.0 Å². The number of hydrogen-bond acceptors (Lipinski definition) is 3. The molecule has 0 spiro atoms. The Kier molecular flexibility index (Phi) is 3.93. The van der Waals surface area contributed by atoms with Gasteiger partial charge in [0.05, 0.1) is 5.69 Å². The van der Waals surface area contributed by atoms with Crippen molar-refractivity contribution >= 4 is 27.3 Å². The molecule has 0 bridgehead atoms. The smallest absolute Gasteiger partial charge is 0.125 e. The average molecular weight is 369 g/mol. The fourth-order valence-corrected chi connectivity index (χ4v) is 4.85. The molecule has 0 amide bonds. The Balaban J connectivity index is 2.06. The molecule has 2 nitrogen and oxygen atoms in total. The van der Waals surface area contributed by atoms with E-state index < -0.39 is 0 Å². The maximum atomic E-state index is 13.3. The summed E-state index contributed by atoms with van der Waals surface area (Å²) in [6, 6.07) is 5.13. The summed E-state index contributed by atoms with van der Waals surface area (Å²) in [4.78, 5) is 6.15. The van der Waals surface area contributed by atoms with Gasteiger partial charge in [-0.1, -0.05) is 13.8 Å². The lowest BCUT2D eigenvalue weighted by Gasteiger charge is -2.34. The van der Waals surface area contributed by atoms with Crippen molar-refractivity contribution in [1.29, 1.82) is 0 Å². The van der Waals surface area contributed by atoms with Crippen molar-refractivity contribution in [2.75, 3.05) is 7.05 Å². The van der Waals surface area contributed by atoms with Gasteiger partial charge in [0.15, 0.2) is 0 Å². The molecule has 1 aliphatic carbocycles. The number of nitrogens with zero attached hydrogens (tertiary/aromatic N) is 1. The molecular formula is C16H18BrFN2S. The average Bonchev–Trinajstić information content (AvgIpc) is 2.79. The first-order valence-electron chi connectivity index (χ1n) is 7.02. The van der Waals surface area contributed by atoms with Gasteiger partial charge in [-0.05, 0) is 59.4 Å². The molecule has 0 saturated heterocycles. The lowest BCUT2D eigenvalue weighted by atomic mass is 9.76. The van der Waals surface area contributed by atoms with Crippen LogP contribution in [0.15, 0.2) is 22.7 Å². The van der Waals surface area contributed by atoms with Crippen molar-refractivity contribution in [3.8, 4) is 10.6 Å². The highest BCUT2D eigenvalue weighted by atomic mass is 79.9. The number of halogens is 2. The SMILES string of the molecule is CNC1CC(C)(C)Cc2nc(-c3ccc(F)cc3Br)sc21. The molecule has 0 saturated carbocycles. The van der Waals surface area contributed by atoms with Gasteiger partial charge in [-0.25, -0.2) is 9.37 Å². The van der Waals surface area contributed by atoms with E-state index in [1.54, 1.807) is 17.4 Å². The predicted octanol–water partition coefficient (Wildman–Crippen LogP) is 4.94. The van der Waals surface area contributed by atoms with E-state index in [4.69, 9.17) is 4.98 Å². The third-order valence-corrected chi connectivity index (χ3v) is 5.86. The summed E-state index contributed by atoms with van der Waals surface area (Å²) in [5, 5.41) is 4.37. The Hall–Kier alpha value is -0.780. The molecule has 2 aromatic rings. The van der Waals surface area contributed by atoms with Gasteiger partial charge >= 0.3 is 0 Å². The Morgan fingerprint density at radius 3 is 2.86 bits per heavy atom. The first-order valence-corrected chi connectivity index (χ1v) is 8.63. The van der Waals surface area contributed by atoms with E-state index in [2.05, 4.69) is 35.1 Å². The molecule has 5 heteroatoms. The number of hydrogen-bond donors (Lipinski definition) is 1. The molecule has 0 aliphatic heterocycles. The van der Waals surface area contributed by atoms with Crippen LogP contribution in [0.3, 0.4) is 0 Å². The molecule has 1 heterocycles. The number of rotatable bonds is 2. The molecule has 21 heavy (non-hydrogen) atoms. The zero-order valence-electron chi connectivity index (χ0n) is 12.3. The summed E-state index contributed by atoms with van der Waals surface area (Å²) in [5.74, 6) is -0.235. The molecule has 1 aromatic heterocycles. The summed E-state index contributed by atoms with van der Waals surface area (Å²) in [7, 11) is 2.00. The molecular weight excluding hydrogens is 351 g/mol. The van der Waals surface area contributed by atoms with Crippen molar-refractivity contribution < 1.29 is 4.39 Å². The van der Waals surface area contributed by atoms with E-state index in [1.807, 2.05) is 7.05 Å². The lowest BCUT2D eigenvalue weighted by Crippen LogP contribution is -2.30. The Morgan fingerprint density at radius 1 is 1.43 bits per heavy atom.